The van der Waals surface area contributed by atoms with Crippen molar-refractivity contribution in [3.63, 3.8) is 0 Å². The lowest BCUT2D eigenvalue weighted by atomic mass is 9.95. The van der Waals surface area contributed by atoms with Crippen LogP contribution in [0.1, 0.15) is 0 Å². The van der Waals surface area contributed by atoms with Gasteiger partial charge in [-0.05, 0) is 47.1 Å². The average molecular weight is 409 g/mol. The van der Waals surface area contributed by atoms with Crippen molar-refractivity contribution in [2.24, 2.45) is 40.9 Å². The third-order valence-corrected chi connectivity index (χ3v) is 11.6. The molecule has 24 heavy (non-hydrogen) atoms. The lowest BCUT2D eigenvalue weighted by Crippen LogP contribution is -2.50. The topological polar surface area (TPSA) is 52.6 Å². The maximum absolute atomic E-state index is 13.0. The Morgan fingerprint density at radius 1 is 1.04 bits per heavy atom. The van der Waals surface area contributed by atoms with Gasteiger partial charge in [-0.2, -0.15) is 0 Å². The minimum absolute atomic E-state index is 0.0151. The monoisotopic (exact) mass is 408 g/mol. The molecule has 0 amide bonds. The number of hydrogen-bond donors (Lipinski definition) is 0. The molecule has 1 aromatic rings. The summed E-state index contributed by atoms with van der Waals surface area (Å²) in [6.07, 6.45) is 0. The van der Waals surface area contributed by atoms with Gasteiger partial charge in [0, 0.05) is 5.92 Å². The van der Waals surface area contributed by atoms with Gasteiger partial charge >= 0.3 is 0 Å². The zero-order valence-electron chi connectivity index (χ0n) is 12.9. The molecule has 0 aromatic heterocycles. The van der Waals surface area contributed by atoms with Crippen LogP contribution in [-0.4, -0.2) is 37.5 Å². The summed E-state index contributed by atoms with van der Waals surface area (Å²) < 4.78 is 38.2. The Bertz CT molecular complexity index is 895. The van der Waals surface area contributed by atoms with Crippen molar-refractivity contribution < 1.29 is 17.9 Å². The minimum Gasteiger partial charge on any atom is -0.346 e. The lowest BCUT2D eigenvalue weighted by molar-refractivity contribution is -0.192. The van der Waals surface area contributed by atoms with E-state index in [9.17, 15) is 8.42 Å². The summed E-state index contributed by atoms with van der Waals surface area (Å²) in [5.74, 6) is 2.87. The molecule has 4 nitrogen and oxygen atoms in total. The van der Waals surface area contributed by atoms with Crippen LogP contribution >= 0.6 is 15.9 Å². The molecule has 0 N–H and O–H groups in total. The molecule has 1 spiro atoms. The smallest absolute Gasteiger partial charge is 0.187 e. The first-order chi connectivity index (χ1) is 11.5. The molecule has 6 heteroatoms. The second-order valence-corrected chi connectivity index (χ2v) is 11.8. The summed E-state index contributed by atoms with van der Waals surface area (Å²) in [5.41, 5.74) is -0.0151. The first-order valence-electron chi connectivity index (χ1n) is 8.75. The Balaban J connectivity index is 1.31. The first kappa shape index (κ1) is 13.7. The van der Waals surface area contributed by atoms with Gasteiger partial charge in [-0.15, -0.1) is 0 Å². The fourth-order valence-corrected chi connectivity index (χ4v) is 11.7. The van der Waals surface area contributed by atoms with E-state index < -0.39 is 15.6 Å². The Morgan fingerprint density at radius 2 is 1.75 bits per heavy atom. The van der Waals surface area contributed by atoms with E-state index >= 15 is 0 Å². The molecule has 0 radical (unpaired) electrons. The van der Waals surface area contributed by atoms with E-state index in [0.29, 0.717) is 59.4 Å². The van der Waals surface area contributed by atoms with E-state index in [0.717, 1.165) is 0 Å². The molecule has 1 saturated heterocycles. The second kappa shape index (κ2) is 3.53. The molecule has 7 aliphatic rings. The zero-order valence-corrected chi connectivity index (χ0v) is 15.3. The van der Waals surface area contributed by atoms with Gasteiger partial charge in [-0.25, -0.2) is 8.42 Å². The van der Waals surface area contributed by atoms with Crippen molar-refractivity contribution in [1.29, 1.82) is 0 Å². The van der Waals surface area contributed by atoms with E-state index in [1.54, 1.807) is 12.1 Å². The van der Waals surface area contributed by atoms with Crippen molar-refractivity contribution >= 4 is 25.8 Å². The number of sulfone groups is 1. The van der Waals surface area contributed by atoms with E-state index in [1.807, 2.05) is 18.2 Å². The highest BCUT2D eigenvalue weighted by atomic mass is 79.9. The van der Waals surface area contributed by atoms with Crippen LogP contribution in [0.3, 0.4) is 0 Å². The highest BCUT2D eigenvalue weighted by molar-refractivity contribution is 9.10. The summed E-state index contributed by atoms with van der Waals surface area (Å²) in [4.78, 5) is 0.465. The molecule has 1 aliphatic heterocycles. The predicted octanol–water partition coefficient (Wildman–Crippen LogP) is 2.09. The number of alkyl halides is 1. The number of halogens is 1. The summed E-state index contributed by atoms with van der Waals surface area (Å²) >= 11 is 4.06. The van der Waals surface area contributed by atoms with Gasteiger partial charge in [0.2, 0.25) is 0 Å². The fraction of sp³-hybridized carbons (Fsp3) is 0.667. The number of benzene rings is 1. The highest BCUT2D eigenvalue weighted by Gasteiger charge is 3.09. The third kappa shape index (κ3) is 1.04. The molecule has 1 aromatic carbocycles. The van der Waals surface area contributed by atoms with Crippen molar-refractivity contribution in [2.75, 3.05) is 19.0 Å². The van der Waals surface area contributed by atoms with Crippen LogP contribution in [0.25, 0.3) is 0 Å². The molecule has 1 heterocycles. The fourth-order valence-electron chi connectivity index (χ4n) is 7.93. The predicted molar refractivity (Wildman–Crippen MR) is 88.2 cm³/mol. The van der Waals surface area contributed by atoms with Crippen molar-refractivity contribution in [1.82, 2.24) is 0 Å². The lowest BCUT2D eigenvalue weighted by Gasteiger charge is -2.37. The van der Waals surface area contributed by atoms with E-state index in [2.05, 4.69) is 15.9 Å². The van der Waals surface area contributed by atoms with Crippen molar-refractivity contribution in [2.45, 2.75) is 15.0 Å². The Labute approximate surface area is 148 Å². The normalized spacial score (nSPS) is 56.2. The Hall–Kier alpha value is -0.430. The molecule has 6 saturated carbocycles. The molecular formula is C18H17BrO4S. The number of rotatable bonds is 3. The van der Waals surface area contributed by atoms with Gasteiger partial charge in [0.15, 0.2) is 15.6 Å². The molecule has 8 atom stereocenters. The van der Waals surface area contributed by atoms with Crippen molar-refractivity contribution in [3.05, 3.63) is 30.3 Å². The van der Waals surface area contributed by atoms with Gasteiger partial charge in [-0.3, -0.25) is 0 Å². The summed E-state index contributed by atoms with van der Waals surface area (Å²) in [5, 5.41) is 0. The van der Waals surface area contributed by atoms with Gasteiger partial charge in [0.05, 0.1) is 28.2 Å². The van der Waals surface area contributed by atoms with Gasteiger partial charge < -0.3 is 9.47 Å². The van der Waals surface area contributed by atoms with E-state index in [4.69, 9.17) is 9.47 Å². The number of ether oxygens (including phenoxy) is 2. The van der Waals surface area contributed by atoms with Crippen molar-refractivity contribution in [3.8, 4) is 0 Å². The van der Waals surface area contributed by atoms with Crippen LogP contribution < -0.4 is 0 Å². The SMILES string of the molecule is O=S(=O)(C[C@]12[C@H]3[C@H]4[C@@H]5[C@H]1[C@H]2[C@@](Br)([C@@H]43)C51OCCO1)c1ccccc1. The first-order valence-corrected chi connectivity index (χ1v) is 11.2. The van der Waals surface area contributed by atoms with Crippen LogP contribution in [0, 0.1) is 40.9 Å². The molecule has 6 aliphatic carbocycles. The highest BCUT2D eigenvalue weighted by Crippen LogP contribution is 3.04. The Morgan fingerprint density at radius 3 is 2.33 bits per heavy atom. The third-order valence-electron chi connectivity index (χ3n) is 8.12. The van der Waals surface area contributed by atoms with Gasteiger partial charge in [0.25, 0.3) is 0 Å². The largest absolute Gasteiger partial charge is 0.346 e. The number of hydrogen-bond acceptors (Lipinski definition) is 4. The molecule has 2 bridgehead atoms. The standard InChI is InChI=1S/C18H17BrO4S/c19-17-12-10-11(12)16(8-24(20,21)9-4-2-1-3-5-9)14(15(16)17)13(10)18(17)22-6-7-23-18/h1-5,10-15H,6-8H2/t10-,11+,12+,13-,14+,15-,16+,17+/m1/s1. The van der Waals surface area contributed by atoms with Crippen LogP contribution in [0.15, 0.2) is 35.2 Å². The molecule has 0 unspecified atom stereocenters. The maximum Gasteiger partial charge on any atom is 0.187 e. The molecule has 8 rings (SSSR count). The van der Waals surface area contributed by atoms with E-state index in [1.165, 1.54) is 0 Å². The summed E-state index contributed by atoms with van der Waals surface area (Å²) in [7, 11) is -3.24. The maximum atomic E-state index is 13.0. The minimum atomic E-state index is -3.24. The van der Waals surface area contributed by atoms with Gasteiger partial charge in [-0.1, -0.05) is 34.1 Å². The zero-order chi connectivity index (χ0) is 16.1. The molecular weight excluding hydrogens is 392 g/mol. The van der Waals surface area contributed by atoms with Crippen LogP contribution in [0.5, 0.6) is 0 Å². The summed E-state index contributed by atoms with van der Waals surface area (Å²) in [6, 6.07) is 8.93. The average Bonchev–Trinajstić information content (AvgIpc) is 3.25. The molecule has 126 valence electrons. The van der Waals surface area contributed by atoms with Crippen LogP contribution in [-0.2, 0) is 19.3 Å². The second-order valence-electron chi connectivity index (χ2n) is 8.48. The van der Waals surface area contributed by atoms with Crippen LogP contribution in [0.4, 0.5) is 0 Å². The quantitative estimate of drug-likeness (QED) is 0.718. The van der Waals surface area contributed by atoms with Gasteiger partial charge in [0.1, 0.15) is 0 Å². The van der Waals surface area contributed by atoms with E-state index in [-0.39, 0.29) is 9.74 Å². The van der Waals surface area contributed by atoms with Crippen LogP contribution in [0.2, 0.25) is 0 Å². The Kier molecular flexibility index (Phi) is 2.02. The summed E-state index contributed by atoms with van der Waals surface area (Å²) in [6.45, 7) is 1.34. The molecule has 7 fully saturated rings.